The number of aromatic nitrogens is 1. The van der Waals surface area contributed by atoms with E-state index in [9.17, 15) is 4.79 Å². The Kier molecular flexibility index (Phi) is 4.37. The van der Waals surface area contributed by atoms with Gasteiger partial charge in [-0.3, -0.25) is 14.7 Å². The smallest absolute Gasteiger partial charge is 0.255 e. The molecular weight excluding hydrogens is 318 g/mol. The maximum Gasteiger partial charge on any atom is 0.255 e. The van der Waals surface area contributed by atoms with Crippen LogP contribution in [0.15, 0.2) is 41.4 Å². The van der Waals surface area contributed by atoms with E-state index in [0.29, 0.717) is 11.0 Å². The highest BCUT2D eigenvalue weighted by Crippen LogP contribution is 2.41. The molecule has 2 fully saturated rings. The second-order valence-electron chi connectivity index (χ2n) is 7.13. The molecule has 0 atom stereocenters. The molecule has 2 aliphatic heterocycles. The Hall–Kier alpha value is -1.72. The van der Waals surface area contributed by atoms with Crippen molar-refractivity contribution in [3.8, 4) is 0 Å². The summed E-state index contributed by atoms with van der Waals surface area (Å²) in [6.45, 7) is 5.19. The first-order chi connectivity index (χ1) is 11.7. The number of pyridine rings is 1. The highest BCUT2D eigenvalue weighted by Gasteiger charge is 2.41. The summed E-state index contributed by atoms with van der Waals surface area (Å²) in [5.74, 6) is 0.131. The van der Waals surface area contributed by atoms with Crippen LogP contribution in [0.4, 0.5) is 0 Å². The number of nitrogens with zero attached hydrogens (tertiary/aromatic N) is 3. The zero-order valence-electron chi connectivity index (χ0n) is 13.9. The first-order valence-corrected chi connectivity index (χ1v) is 9.61. The van der Waals surface area contributed by atoms with Crippen LogP contribution in [0.25, 0.3) is 0 Å². The fourth-order valence-electron chi connectivity index (χ4n) is 4.07. The Labute approximate surface area is 147 Å². The van der Waals surface area contributed by atoms with Gasteiger partial charge in [0.2, 0.25) is 0 Å². The zero-order chi connectivity index (χ0) is 16.4. The molecule has 4 rings (SSSR count). The molecule has 0 bridgehead atoms. The van der Waals surface area contributed by atoms with Gasteiger partial charge in [-0.2, -0.15) is 11.3 Å². The fraction of sp³-hybridized carbons (Fsp3) is 0.474. The number of thiophene rings is 1. The molecule has 2 aliphatic rings. The predicted molar refractivity (Wildman–Crippen MR) is 96.0 cm³/mol. The van der Waals surface area contributed by atoms with Gasteiger partial charge >= 0.3 is 0 Å². The minimum absolute atomic E-state index is 0.131. The van der Waals surface area contributed by atoms with Crippen molar-refractivity contribution < 1.29 is 4.79 Å². The lowest BCUT2D eigenvalue weighted by molar-refractivity contribution is 0.0587. The van der Waals surface area contributed by atoms with Crippen molar-refractivity contribution in [3.63, 3.8) is 0 Å². The lowest BCUT2D eigenvalue weighted by Gasteiger charge is -2.39. The zero-order valence-corrected chi connectivity index (χ0v) is 14.7. The van der Waals surface area contributed by atoms with Crippen molar-refractivity contribution >= 4 is 17.2 Å². The molecule has 5 heteroatoms. The van der Waals surface area contributed by atoms with Crippen LogP contribution in [0.3, 0.4) is 0 Å². The largest absolute Gasteiger partial charge is 0.339 e. The normalized spacial score (nSPS) is 20.6. The minimum atomic E-state index is 0.131. The summed E-state index contributed by atoms with van der Waals surface area (Å²) in [6.07, 6.45) is 6.90. The Morgan fingerprint density at radius 3 is 2.75 bits per heavy atom. The molecule has 0 N–H and O–H groups in total. The standard InChI is InChI=1S/C19H23N3OS/c23-18(17-2-1-7-20-12-17)22-9-5-19(6-10-22)4-8-21(15-19)13-16-3-11-24-14-16/h1-3,7,11-12,14H,4-6,8-10,13,15H2. The van der Waals surface area contributed by atoms with Crippen molar-refractivity contribution in [2.45, 2.75) is 25.8 Å². The fourth-order valence-corrected chi connectivity index (χ4v) is 4.73. The molecule has 0 aromatic carbocycles. The number of likely N-dealkylation sites (tertiary alicyclic amines) is 2. The topological polar surface area (TPSA) is 36.4 Å². The average molecular weight is 341 g/mol. The van der Waals surface area contributed by atoms with E-state index >= 15 is 0 Å². The van der Waals surface area contributed by atoms with Gasteiger partial charge in [-0.15, -0.1) is 0 Å². The van der Waals surface area contributed by atoms with Gasteiger partial charge in [-0.05, 0) is 65.7 Å². The maximum atomic E-state index is 12.6. The quantitative estimate of drug-likeness (QED) is 0.860. The number of piperidine rings is 1. The minimum Gasteiger partial charge on any atom is -0.339 e. The van der Waals surface area contributed by atoms with Gasteiger partial charge in [0.15, 0.2) is 0 Å². The third-order valence-electron chi connectivity index (χ3n) is 5.52. The summed E-state index contributed by atoms with van der Waals surface area (Å²) in [4.78, 5) is 21.2. The first kappa shape index (κ1) is 15.8. The van der Waals surface area contributed by atoms with E-state index in [1.807, 2.05) is 17.0 Å². The molecule has 0 radical (unpaired) electrons. The van der Waals surface area contributed by atoms with Gasteiger partial charge in [0.1, 0.15) is 0 Å². The van der Waals surface area contributed by atoms with Crippen molar-refractivity contribution in [2.75, 3.05) is 26.2 Å². The van der Waals surface area contributed by atoms with Gasteiger partial charge < -0.3 is 4.90 Å². The van der Waals surface area contributed by atoms with Gasteiger partial charge in [0, 0.05) is 38.6 Å². The molecular formula is C19H23N3OS. The van der Waals surface area contributed by atoms with Gasteiger partial charge in [0.25, 0.3) is 5.91 Å². The molecule has 1 amide bonds. The maximum absolute atomic E-state index is 12.6. The molecule has 1 spiro atoms. The van der Waals surface area contributed by atoms with Crippen molar-refractivity contribution in [1.29, 1.82) is 0 Å². The molecule has 126 valence electrons. The third-order valence-corrected chi connectivity index (χ3v) is 6.26. The average Bonchev–Trinajstić information content (AvgIpc) is 3.27. The third kappa shape index (κ3) is 3.23. The van der Waals surface area contributed by atoms with Crippen LogP contribution >= 0.6 is 11.3 Å². The highest BCUT2D eigenvalue weighted by atomic mass is 32.1. The Bertz CT molecular complexity index is 678. The molecule has 0 aliphatic carbocycles. The van der Waals surface area contributed by atoms with Crippen LogP contribution in [0, 0.1) is 5.41 Å². The van der Waals surface area contributed by atoms with E-state index in [1.54, 1.807) is 23.7 Å². The van der Waals surface area contributed by atoms with Crippen LogP contribution in [0.5, 0.6) is 0 Å². The SMILES string of the molecule is O=C(c1cccnc1)N1CCC2(CCN(Cc3ccsc3)C2)CC1. The second-order valence-corrected chi connectivity index (χ2v) is 7.91. The number of carbonyl (C=O) groups excluding carboxylic acids is 1. The summed E-state index contributed by atoms with van der Waals surface area (Å²) in [5.41, 5.74) is 2.56. The van der Waals surface area contributed by atoms with Gasteiger partial charge in [0.05, 0.1) is 5.56 Å². The molecule has 2 saturated heterocycles. The number of carbonyl (C=O) groups is 1. The Morgan fingerprint density at radius 1 is 1.21 bits per heavy atom. The van der Waals surface area contributed by atoms with Crippen LogP contribution < -0.4 is 0 Å². The van der Waals surface area contributed by atoms with Gasteiger partial charge in [-0.25, -0.2) is 0 Å². The van der Waals surface area contributed by atoms with Crippen LogP contribution in [0.2, 0.25) is 0 Å². The Balaban J connectivity index is 1.34. The van der Waals surface area contributed by atoms with E-state index in [4.69, 9.17) is 0 Å². The van der Waals surface area contributed by atoms with E-state index in [-0.39, 0.29) is 5.91 Å². The summed E-state index contributed by atoms with van der Waals surface area (Å²) in [6, 6.07) is 5.92. The summed E-state index contributed by atoms with van der Waals surface area (Å²) < 4.78 is 0. The first-order valence-electron chi connectivity index (χ1n) is 8.67. The molecule has 0 saturated carbocycles. The van der Waals surface area contributed by atoms with Crippen molar-refractivity contribution in [1.82, 2.24) is 14.8 Å². The molecule has 0 unspecified atom stereocenters. The second kappa shape index (κ2) is 6.65. The van der Waals surface area contributed by atoms with E-state index in [2.05, 4.69) is 26.7 Å². The summed E-state index contributed by atoms with van der Waals surface area (Å²) >= 11 is 1.78. The predicted octanol–water partition coefficient (Wildman–Crippen LogP) is 3.27. The molecule has 4 heterocycles. The van der Waals surface area contributed by atoms with Crippen molar-refractivity contribution in [3.05, 3.63) is 52.5 Å². The molecule has 4 nitrogen and oxygen atoms in total. The van der Waals surface area contributed by atoms with E-state index in [1.165, 1.54) is 25.1 Å². The Morgan fingerprint density at radius 2 is 2.04 bits per heavy atom. The number of rotatable bonds is 3. The van der Waals surface area contributed by atoms with Gasteiger partial charge in [-0.1, -0.05) is 0 Å². The van der Waals surface area contributed by atoms with Crippen molar-refractivity contribution in [2.24, 2.45) is 5.41 Å². The van der Waals surface area contributed by atoms with Crippen LogP contribution in [-0.2, 0) is 6.54 Å². The van der Waals surface area contributed by atoms with Crippen LogP contribution in [-0.4, -0.2) is 46.9 Å². The molecule has 2 aromatic rings. The molecule has 24 heavy (non-hydrogen) atoms. The lowest BCUT2D eigenvalue weighted by atomic mass is 9.77. The lowest BCUT2D eigenvalue weighted by Crippen LogP contribution is -2.44. The van der Waals surface area contributed by atoms with E-state index in [0.717, 1.165) is 32.5 Å². The summed E-state index contributed by atoms with van der Waals surface area (Å²) in [7, 11) is 0. The number of hydrogen-bond acceptors (Lipinski definition) is 4. The highest BCUT2D eigenvalue weighted by molar-refractivity contribution is 7.07. The molecule has 2 aromatic heterocycles. The van der Waals surface area contributed by atoms with E-state index < -0.39 is 0 Å². The summed E-state index contributed by atoms with van der Waals surface area (Å²) in [5, 5.41) is 4.41. The number of hydrogen-bond donors (Lipinski definition) is 0. The van der Waals surface area contributed by atoms with Crippen LogP contribution in [0.1, 0.15) is 35.2 Å². The monoisotopic (exact) mass is 341 g/mol. The number of amides is 1.